The fourth-order valence-corrected chi connectivity index (χ4v) is 8.61. The van der Waals surface area contributed by atoms with Gasteiger partial charge >= 0.3 is 293 Å². The maximum atomic E-state index is 2.59. The average molecular weight is 780 g/mol. The number of allylic oxidation sites excluding steroid dienone is 4. The van der Waals surface area contributed by atoms with Gasteiger partial charge in [0.25, 0.3) is 0 Å². The Hall–Kier alpha value is -2.44. The number of hydrogen-bond donors (Lipinski definition) is 0. The third kappa shape index (κ3) is 8.12. The molecule has 0 heterocycles. The Morgan fingerprint density at radius 3 is 1.66 bits per heavy atom. The molecule has 0 unspecified atom stereocenters. The second-order valence-corrected chi connectivity index (χ2v) is 17.3. The molecule has 0 nitrogen and oxygen atoms in total. The summed E-state index contributed by atoms with van der Waals surface area (Å²) in [6.45, 7) is 18.8. The number of benzene rings is 4. The van der Waals surface area contributed by atoms with Gasteiger partial charge in [-0.15, -0.1) is 0 Å². The van der Waals surface area contributed by atoms with E-state index in [1.807, 2.05) is 0 Å². The van der Waals surface area contributed by atoms with Crippen LogP contribution in [0.3, 0.4) is 0 Å². The van der Waals surface area contributed by atoms with E-state index in [1.165, 1.54) is 130 Å². The molecular weight excluding hydrogens is 727 g/mol. The van der Waals surface area contributed by atoms with E-state index in [-0.39, 0.29) is 35.6 Å². The van der Waals surface area contributed by atoms with Crippen LogP contribution in [0.4, 0.5) is 0 Å². The van der Waals surface area contributed by atoms with E-state index in [4.69, 9.17) is 0 Å². The van der Waals surface area contributed by atoms with Crippen molar-refractivity contribution >= 4 is 14.4 Å². The Kier molecular flexibility index (Phi) is 13.3. The fraction of sp³-hybridized carbons (Fsp3) is 0.362. The van der Waals surface area contributed by atoms with Crippen LogP contribution in [0.15, 0.2) is 91.0 Å². The number of halogens is 2. The van der Waals surface area contributed by atoms with E-state index in [0.29, 0.717) is 0 Å². The third-order valence-electron chi connectivity index (χ3n) is 10.3. The SMILES string of the molecule is CCCCc1ccc(C(c2ccc(CCCC)cc2)=c2c(C(C)(C)C)cc3c(c2C2=CC=CC2)[C]([Zr+2])=c2ccc(C(C)(C)C)cc2=3)cc1.[Cl-].[Cl-]. The summed E-state index contributed by atoms with van der Waals surface area (Å²) in [4.78, 5) is 0. The first-order valence-electron chi connectivity index (χ1n) is 18.3. The van der Waals surface area contributed by atoms with Crippen LogP contribution < -0.4 is 35.3 Å². The van der Waals surface area contributed by atoms with Crippen molar-refractivity contribution in [3.05, 3.63) is 156 Å². The van der Waals surface area contributed by atoms with Gasteiger partial charge in [0.2, 0.25) is 0 Å². The fourth-order valence-electron chi connectivity index (χ4n) is 7.44. The summed E-state index contributed by atoms with van der Waals surface area (Å²) in [7, 11) is 0. The van der Waals surface area contributed by atoms with Gasteiger partial charge in [0.15, 0.2) is 0 Å². The van der Waals surface area contributed by atoms with Crippen molar-refractivity contribution in [3.8, 4) is 0 Å². The normalized spacial score (nSPS) is 13.4. The standard InChI is InChI=1S/C47H53.2ClH.Zr/c1-9-11-15-32-19-23-35(24-20-32)43(36-25-21-33(22-26-36)16-12-10-2)45-42(47(6,7)8)31-40-39-30-38(46(3,4)5)28-27-37(39)29-41(40)44(45)34-17-13-14-18-34;;;/h13-14,17,19-28,30-31H,9-12,15-16,18H2,1-8H3;2*1H;/q;;;+2/p-2. The Morgan fingerprint density at radius 1 is 0.640 bits per heavy atom. The molecule has 0 N–H and O–H groups in total. The van der Waals surface area contributed by atoms with Crippen molar-refractivity contribution < 1.29 is 49.5 Å². The van der Waals surface area contributed by atoms with E-state index in [1.54, 1.807) is 0 Å². The molecule has 0 amide bonds. The average Bonchev–Trinajstić information content (AvgIpc) is 3.69. The minimum absolute atomic E-state index is 0. The van der Waals surface area contributed by atoms with Crippen LogP contribution in [0.1, 0.15) is 132 Å². The van der Waals surface area contributed by atoms with Crippen LogP contribution in [-0.2, 0) is 48.4 Å². The predicted octanol–water partition coefficient (Wildman–Crippen LogP) is 4.87. The van der Waals surface area contributed by atoms with E-state index in [9.17, 15) is 0 Å². The van der Waals surface area contributed by atoms with Crippen LogP contribution in [0.5, 0.6) is 0 Å². The van der Waals surface area contributed by atoms with E-state index >= 15 is 0 Å². The monoisotopic (exact) mass is 777 g/mol. The summed E-state index contributed by atoms with van der Waals surface area (Å²) in [5.41, 5.74) is 14.1. The zero-order valence-electron chi connectivity index (χ0n) is 31.4. The van der Waals surface area contributed by atoms with Gasteiger partial charge in [0.1, 0.15) is 0 Å². The Bertz CT molecular complexity index is 2060. The van der Waals surface area contributed by atoms with Gasteiger partial charge in [-0.3, -0.25) is 0 Å². The van der Waals surface area contributed by atoms with Crippen molar-refractivity contribution in [2.75, 3.05) is 0 Å². The topological polar surface area (TPSA) is 0 Å². The minimum Gasteiger partial charge on any atom is -1.00 e. The third-order valence-corrected chi connectivity index (χ3v) is 11.6. The van der Waals surface area contributed by atoms with Crippen molar-refractivity contribution in [2.24, 2.45) is 0 Å². The number of aryl methyl sites for hydroxylation is 2. The molecule has 6 rings (SSSR count). The molecule has 4 aromatic rings. The van der Waals surface area contributed by atoms with Gasteiger partial charge in [-0.05, 0) is 0 Å². The summed E-state index contributed by atoms with van der Waals surface area (Å²) in [6.07, 6.45) is 15.1. The largest absolute Gasteiger partial charge is 1.00 e. The number of unbranched alkanes of at least 4 members (excludes halogenated alkanes) is 2. The summed E-state index contributed by atoms with van der Waals surface area (Å²) in [5.74, 6) is 0. The van der Waals surface area contributed by atoms with Gasteiger partial charge in [0, 0.05) is 0 Å². The second kappa shape index (κ2) is 16.5. The van der Waals surface area contributed by atoms with Gasteiger partial charge < -0.3 is 24.8 Å². The predicted molar refractivity (Wildman–Crippen MR) is 203 cm³/mol. The van der Waals surface area contributed by atoms with E-state index in [0.717, 1.165) is 19.3 Å². The zero-order valence-corrected chi connectivity index (χ0v) is 35.3. The molecule has 50 heavy (non-hydrogen) atoms. The smallest absolute Gasteiger partial charge is 1.00 e. The molecule has 4 aromatic carbocycles. The van der Waals surface area contributed by atoms with Crippen molar-refractivity contribution in [1.82, 2.24) is 0 Å². The van der Waals surface area contributed by atoms with Crippen molar-refractivity contribution in [2.45, 2.75) is 111 Å². The first kappa shape index (κ1) is 40.3. The molecule has 0 fully saturated rings. The molecule has 0 saturated heterocycles. The summed E-state index contributed by atoms with van der Waals surface area (Å²) in [6, 6.07) is 29.0. The molecule has 0 spiro atoms. The minimum atomic E-state index is -0.0647. The summed E-state index contributed by atoms with van der Waals surface area (Å²) >= 11 is 1.47. The number of rotatable bonds is 9. The molecule has 3 heteroatoms. The van der Waals surface area contributed by atoms with E-state index in [2.05, 4.69) is 146 Å². The van der Waals surface area contributed by atoms with Gasteiger partial charge in [-0.2, -0.15) is 0 Å². The number of hydrogen-bond acceptors (Lipinski definition) is 0. The van der Waals surface area contributed by atoms with Crippen LogP contribution >= 0.6 is 0 Å². The molecule has 259 valence electrons. The first-order valence-corrected chi connectivity index (χ1v) is 19.5. The first-order chi connectivity index (χ1) is 22.9. The van der Waals surface area contributed by atoms with Crippen molar-refractivity contribution in [3.63, 3.8) is 0 Å². The Balaban J connectivity index is 0.00000281. The maximum absolute atomic E-state index is 2.59. The molecule has 2 aliphatic carbocycles. The zero-order chi connectivity index (χ0) is 34.2. The molecule has 0 bridgehead atoms. The molecule has 0 aliphatic heterocycles. The summed E-state index contributed by atoms with van der Waals surface area (Å²) in [5, 5.41) is 5.67. The second-order valence-electron chi connectivity index (χ2n) is 16.0. The molecular formula is C47H53Cl2Zr. The van der Waals surface area contributed by atoms with Gasteiger partial charge in [-0.1, -0.05) is 13.8 Å². The van der Waals surface area contributed by atoms with Crippen LogP contribution in [0.25, 0.3) is 14.4 Å². The Morgan fingerprint density at radius 2 is 1.20 bits per heavy atom. The quantitative estimate of drug-likeness (QED) is 0.228. The Labute approximate surface area is 329 Å². The molecule has 0 saturated carbocycles. The van der Waals surface area contributed by atoms with Crippen LogP contribution in [-0.4, -0.2) is 0 Å². The molecule has 0 aromatic heterocycles. The molecule has 0 atom stereocenters. The molecule has 0 radical (unpaired) electrons. The van der Waals surface area contributed by atoms with Crippen molar-refractivity contribution in [1.29, 1.82) is 0 Å². The maximum Gasteiger partial charge on any atom is -1.00 e. The summed E-state index contributed by atoms with van der Waals surface area (Å²) < 4.78 is 1.49. The number of fused-ring (bicyclic) bond motifs is 2. The van der Waals surface area contributed by atoms with Crippen LogP contribution in [0, 0.1) is 10.4 Å². The molecule has 2 aliphatic rings. The van der Waals surface area contributed by atoms with E-state index < -0.39 is 0 Å². The van der Waals surface area contributed by atoms with Gasteiger partial charge in [-0.25, -0.2) is 0 Å². The van der Waals surface area contributed by atoms with Crippen LogP contribution in [0.2, 0.25) is 0 Å². The van der Waals surface area contributed by atoms with Gasteiger partial charge in [0.05, 0.1) is 0 Å².